The molecule has 7 nitrogen and oxygen atoms in total. The SMILES string of the molecule is CCOC(=O)c1cnn(C2CCC(NC(=O)OCc3ccccc3)CC2)c1C. The van der Waals surface area contributed by atoms with Crippen LogP contribution in [0.25, 0.3) is 0 Å². The van der Waals surface area contributed by atoms with E-state index in [1.165, 1.54) is 0 Å². The van der Waals surface area contributed by atoms with E-state index in [4.69, 9.17) is 9.47 Å². The molecule has 3 rings (SSSR count). The molecule has 0 atom stereocenters. The highest BCUT2D eigenvalue weighted by Crippen LogP contribution is 2.30. The number of esters is 1. The van der Waals surface area contributed by atoms with E-state index in [0.717, 1.165) is 36.9 Å². The predicted molar refractivity (Wildman–Crippen MR) is 104 cm³/mol. The second kappa shape index (κ2) is 9.39. The van der Waals surface area contributed by atoms with E-state index in [1.54, 1.807) is 13.1 Å². The Morgan fingerprint density at radius 2 is 1.86 bits per heavy atom. The highest BCUT2D eigenvalue weighted by molar-refractivity contribution is 5.90. The van der Waals surface area contributed by atoms with Crippen LogP contribution in [0.3, 0.4) is 0 Å². The van der Waals surface area contributed by atoms with Gasteiger partial charge in [0.25, 0.3) is 0 Å². The van der Waals surface area contributed by atoms with E-state index < -0.39 is 0 Å². The monoisotopic (exact) mass is 385 g/mol. The minimum absolute atomic E-state index is 0.0971. The number of hydrogen-bond donors (Lipinski definition) is 1. The van der Waals surface area contributed by atoms with Gasteiger partial charge in [-0.15, -0.1) is 0 Å². The van der Waals surface area contributed by atoms with Crippen molar-refractivity contribution in [2.45, 2.75) is 58.2 Å². The van der Waals surface area contributed by atoms with Crippen molar-refractivity contribution in [1.82, 2.24) is 15.1 Å². The highest BCUT2D eigenvalue weighted by atomic mass is 16.5. The number of rotatable bonds is 6. The van der Waals surface area contributed by atoms with Gasteiger partial charge in [-0.1, -0.05) is 30.3 Å². The Bertz CT molecular complexity index is 795. The summed E-state index contributed by atoms with van der Waals surface area (Å²) in [6.07, 6.45) is 4.66. The van der Waals surface area contributed by atoms with Crippen molar-refractivity contribution in [3.63, 3.8) is 0 Å². The number of aromatic nitrogens is 2. The molecule has 0 aliphatic heterocycles. The molecule has 1 N–H and O–H groups in total. The fraction of sp³-hybridized carbons (Fsp3) is 0.476. The Morgan fingerprint density at radius 1 is 1.14 bits per heavy atom. The largest absolute Gasteiger partial charge is 0.462 e. The van der Waals surface area contributed by atoms with Gasteiger partial charge in [0.2, 0.25) is 0 Å². The zero-order valence-corrected chi connectivity index (χ0v) is 16.4. The fourth-order valence-corrected chi connectivity index (χ4v) is 3.60. The lowest BCUT2D eigenvalue weighted by Crippen LogP contribution is -2.38. The van der Waals surface area contributed by atoms with Crippen LogP contribution < -0.4 is 5.32 Å². The summed E-state index contributed by atoms with van der Waals surface area (Å²) in [7, 11) is 0. The van der Waals surface area contributed by atoms with Crippen LogP contribution in [-0.4, -0.2) is 34.5 Å². The lowest BCUT2D eigenvalue weighted by Gasteiger charge is -2.29. The molecule has 1 aliphatic carbocycles. The molecular formula is C21H27N3O4. The van der Waals surface area contributed by atoms with Crippen LogP contribution in [0.4, 0.5) is 4.79 Å². The maximum Gasteiger partial charge on any atom is 0.407 e. The van der Waals surface area contributed by atoms with Crippen molar-refractivity contribution in [2.75, 3.05) is 6.61 Å². The number of nitrogens with zero attached hydrogens (tertiary/aromatic N) is 2. The first-order valence-corrected chi connectivity index (χ1v) is 9.77. The van der Waals surface area contributed by atoms with Crippen LogP contribution >= 0.6 is 0 Å². The molecule has 1 aromatic carbocycles. The van der Waals surface area contributed by atoms with Crippen molar-refractivity contribution in [3.8, 4) is 0 Å². The van der Waals surface area contributed by atoms with Gasteiger partial charge in [-0.3, -0.25) is 4.68 Å². The molecule has 1 aliphatic rings. The third-order valence-corrected chi connectivity index (χ3v) is 5.12. The summed E-state index contributed by atoms with van der Waals surface area (Å²) >= 11 is 0. The molecule has 1 aromatic heterocycles. The quantitative estimate of drug-likeness (QED) is 0.765. The van der Waals surface area contributed by atoms with Crippen molar-refractivity contribution in [1.29, 1.82) is 0 Å². The normalized spacial score (nSPS) is 19.1. The lowest BCUT2D eigenvalue weighted by atomic mass is 9.91. The summed E-state index contributed by atoms with van der Waals surface area (Å²) in [6, 6.07) is 9.94. The molecule has 1 amide bonds. The van der Waals surface area contributed by atoms with Crippen molar-refractivity contribution >= 4 is 12.1 Å². The van der Waals surface area contributed by atoms with Gasteiger partial charge in [-0.05, 0) is 45.1 Å². The van der Waals surface area contributed by atoms with E-state index in [1.807, 2.05) is 41.9 Å². The summed E-state index contributed by atoms with van der Waals surface area (Å²) in [5.41, 5.74) is 2.32. The van der Waals surface area contributed by atoms with Crippen LogP contribution in [-0.2, 0) is 16.1 Å². The second-order valence-corrected chi connectivity index (χ2v) is 7.02. The summed E-state index contributed by atoms with van der Waals surface area (Å²) in [5.74, 6) is -0.331. The van der Waals surface area contributed by atoms with E-state index >= 15 is 0 Å². The third-order valence-electron chi connectivity index (χ3n) is 5.12. The summed E-state index contributed by atoms with van der Waals surface area (Å²) in [5, 5.41) is 7.35. The smallest absolute Gasteiger partial charge is 0.407 e. The van der Waals surface area contributed by atoms with E-state index in [0.29, 0.717) is 12.2 Å². The highest BCUT2D eigenvalue weighted by Gasteiger charge is 2.27. The number of amides is 1. The molecule has 0 spiro atoms. The number of hydrogen-bond acceptors (Lipinski definition) is 5. The van der Waals surface area contributed by atoms with Crippen molar-refractivity contribution in [2.24, 2.45) is 0 Å². The lowest BCUT2D eigenvalue weighted by molar-refractivity contribution is 0.0525. The zero-order valence-electron chi connectivity index (χ0n) is 16.4. The van der Waals surface area contributed by atoms with Crippen LogP contribution in [0.2, 0.25) is 0 Å². The third kappa shape index (κ3) is 4.91. The standard InChI is InChI=1S/C21H27N3O4/c1-3-27-20(25)19-13-22-24(15(19)2)18-11-9-17(10-12-18)23-21(26)28-14-16-7-5-4-6-8-16/h4-8,13,17-18H,3,9-12,14H2,1-2H3,(H,23,26). The Morgan fingerprint density at radius 3 is 2.54 bits per heavy atom. The maximum atomic E-state index is 12.0. The predicted octanol–water partition coefficient (Wildman–Crippen LogP) is 3.78. The topological polar surface area (TPSA) is 82.5 Å². The molecule has 1 saturated carbocycles. The summed E-state index contributed by atoms with van der Waals surface area (Å²) in [4.78, 5) is 24.0. The molecule has 150 valence electrons. The average molecular weight is 385 g/mol. The first-order chi connectivity index (χ1) is 13.6. The zero-order chi connectivity index (χ0) is 19.9. The first-order valence-electron chi connectivity index (χ1n) is 9.77. The van der Waals surface area contributed by atoms with Crippen LogP contribution in [0.5, 0.6) is 0 Å². The number of carbonyl (C=O) groups is 2. The van der Waals surface area contributed by atoms with E-state index in [-0.39, 0.29) is 30.8 Å². The maximum absolute atomic E-state index is 12.0. The van der Waals surface area contributed by atoms with Crippen LogP contribution in [0, 0.1) is 6.92 Å². The minimum atomic E-state index is -0.382. The Balaban J connectivity index is 1.47. The number of carbonyl (C=O) groups excluding carboxylic acids is 2. The number of benzene rings is 1. The number of nitrogens with one attached hydrogen (secondary N) is 1. The van der Waals surface area contributed by atoms with Gasteiger partial charge in [-0.2, -0.15) is 5.10 Å². The Hall–Kier alpha value is -2.83. The molecule has 28 heavy (non-hydrogen) atoms. The van der Waals surface area contributed by atoms with Crippen LogP contribution in [0.15, 0.2) is 36.5 Å². The number of ether oxygens (including phenoxy) is 2. The summed E-state index contributed by atoms with van der Waals surface area (Å²) < 4.78 is 12.3. The molecule has 0 radical (unpaired) electrons. The van der Waals surface area contributed by atoms with Gasteiger partial charge < -0.3 is 14.8 Å². The molecule has 0 bridgehead atoms. The van der Waals surface area contributed by atoms with Gasteiger partial charge in [0.1, 0.15) is 12.2 Å². The fourth-order valence-electron chi connectivity index (χ4n) is 3.60. The van der Waals surface area contributed by atoms with Gasteiger partial charge in [0, 0.05) is 6.04 Å². The molecule has 2 aromatic rings. The average Bonchev–Trinajstić information content (AvgIpc) is 3.09. The minimum Gasteiger partial charge on any atom is -0.462 e. The van der Waals surface area contributed by atoms with E-state index in [9.17, 15) is 9.59 Å². The molecule has 7 heteroatoms. The molecule has 1 fully saturated rings. The molecule has 1 heterocycles. The van der Waals surface area contributed by atoms with Gasteiger partial charge in [0.15, 0.2) is 0 Å². The Labute approximate surface area is 165 Å². The van der Waals surface area contributed by atoms with Crippen LogP contribution in [0.1, 0.15) is 60.3 Å². The van der Waals surface area contributed by atoms with Gasteiger partial charge in [0.05, 0.1) is 24.5 Å². The first kappa shape index (κ1) is 19.9. The summed E-state index contributed by atoms with van der Waals surface area (Å²) in [6.45, 7) is 4.30. The van der Waals surface area contributed by atoms with Crippen molar-refractivity contribution < 1.29 is 19.1 Å². The van der Waals surface area contributed by atoms with Gasteiger partial charge in [-0.25, -0.2) is 9.59 Å². The second-order valence-electron chi connectivity index (χ2n) is 7.02. The number of alkyl carbamates (subject to hydrolysis) is 1. The van der Waals surface area contributed by atoms with Crippen molar-refractivity contribution in [3.05, 3.63) is 53.3 Å². The molecular weight excluding hydrogens is 358 g/mol. The van der Waals surface area contributed by atoms with E-state index in [2.05, 4.69) is 10.4 Å². The Kier molecular flexibility index (Phi) is 6.68. The van der Waals surface area contributed by atoms with Gasteiger partial charge >= 0.3 is 12.1 Å². The molecule has 0 unspecified atom stereocenters. The molecule has 0 saturated heterocycles.